The van der Waals surface area contributed by atoms with Gasteiger partial charge >= 0.3 is 0 Å². The quantitative estimate of drug-likeness (QED) is 0.820. The standard InChI is InChI=1S/C13H18ClN3O/c14-10-4-3-5-11(15)9(10)8-17-7-2-1-6-12(17)13(16)18/h3-5,12H,1-2,6-8,15H2,(H2,16,18). The Morgan fingerprint density at radius 1 is 1.44 bits per heavy atom. The van der Waals surface area contributed by atoms with Crippen molar-refractivity contribution in [1.29, 1.82) is 0 Å². The topological polar surface area (TPSA) is 72.4 Å². The first kappa shape index (κ1) is 13.2. The number of primary amides is 1. The summed E-state index contributed by atoms with van der Waals surface area (Å²) < 4.78 is 0. The van der Waals surface area contributed by atoms with Crippen LogP contribution in [0.3, 0.4) is 0 Å². The first-order chi connectivity index (χ1) is 8.59. The number of nitrogens with two attached hydrogens (primary N) is 2. The summed E-state index contributed by atoms with van der Waals surface area (Å²) in [6.45, 7) is 1.44. The van der Waals surface area contributed by atoms with Crippen LogP contribution in [0.15, 0.2) is 18.2 Å². The average Bonchev–Trinajstić information content (AvgIpc) is 2.34. The third-order valence-corrected chi connectivity index (χ3v) is 3.81. The van der Waals surface area contributed by atoms with Crippen molar-refractivity contribution in [2.45, 2.75) is 31.8 Å². The number of amides is 1. The molecular formula is C13H18ClN3O. The summed E-state index contributed by atoms with van der Waals surface area (Å²) in [5, 5.41) is 0.642. The molecule has 1 aliphatic rings. The van der Waals surface area contributed by atoms with E-state index in [2.05, 4.69) is 4.90 Å². The van der Waals surface area contributed by atoms with Crippen LogP contribution in [0.5, 0.6) is 0 Å². The maximum Gasteiger partial charge on any atom is 0.234 e. The number of piperidine rings is 1. The molecule has 0 bridgehead atoms. The number of hydrogen-bond donors (Lipinski definition) is 2. The van der Waals surface area contributed by atoms with Gasteiger partial charge in [0.05, 0.1) is 6.04 Å². The minimum Gasteiger partial charge on any atom is -0.398 e. The maximum absolute atomic E-state index is 11.4. The Kier molecular flexibility index (Phi) is 4.09. The molecule has 98 valence electrons. The molecular weight excluding hydrogens is 250 g/mol. The Bertz CT molecular complexity index is 430. The Labute approximate surface area is 112 Å². The molecule has 0 saturated carbocycles. The van der Waals surface area contributed by atoms with Gasteiger partial charge in [-0.2, -0.15) is 0 Å². The Morgan fingerprint density at radius 2 is 2.22 bits per heavy atom. The van der Waals surface area contributed by atoms with Gasteiger partial charge in [-0.3, -0.25) is 9.69 Å². The predicted octanol–water partition coefficient (Wildman–Crippen LogP) is 1.76. The van der Waals surface area contributed by atoms with Crippen molar-refractivity contribution in [3.63, 3.8) is 0 Å². The van der Waals surface area contributed by atoms with E-state index in [0.29, 0.717) is 17.3 Å². The van der Waals surface area contributed by atoms with Crippen LogP contribution in [0.1, 0.15) is 24.8 Å². The number of hydrogen-bond acceptors (Lipinski definition) is 3. The molecule has 1 unspecified atom stereocenters. The molecule has 4 nitrogen and oxygen atoms in total. The van der Waals surface area contributed by atoms with Crippen molar-refractivity contribution in [2.75, 3.05) is 12.3 Å². The number of rotatable bonds is 3. The minimum absolute atomic E-state index is 0.200. The van der Waals surface area contributed by atoms with Crippen molar-refractivity contribution in [2.24, 2.45) is 5.73 Å². The fourth-order valence-electron chi connectivity index (χ4n) is 2.45. The smallest absolute Gasteiger partial charge is 0.234 e. The van der Waals surface area contributed by atoms with E-state index in [9.17, 15) is 4.79 Å². The molecule has 1 saturated heterocycles. The molecule has 0 aromatic heterocycles. The highest BCUT2D eigenvalue weighted by atomic mass is 35.5. The number of nitrogens with zero attached hydrogens (tertiary/aromatic N) is 1. The molecule has 1 atom stereocenters. The zero-order valence-electron chi connectivity index (χ0n) is 10.2. The van der Waals surface area contributed by atoms with E-state index in [1.807, 2.05) is 18.2 Å². The van der Waals surface area contributed by atoms with Gasteiger partial charge in [0.25, 0.3) is 0 Å². The summed E-state index contributed by atoms with van der Waals surface area (Å²) in [5.74, 6) is -0.264. The van der Waals surface area contributed by atoms with Gasteiger partial charge in [0.15, 0.2) is 0 Å². The first-order valence-corrected chi connectivity index (χ1v) is 6.53. The zero-order chi connectivity index (χ0) is 13.1. The molecule has 1 aromatic rings. The molecule has 5 heteroatoms. The summed E-state index contributed by atoms with van der Waals surface area (Å²) in [5.41, 5.74) is 12.9. The Balaban J connectivity index is 2.18. The van der Waals surface area contributed by atoms with Gasteiger partial charge in [0.2, 0.25) is 5.91 Å². The number of likely N-dealkylation sites (tertiary alicyclic amines) is 1. The fraction of sp³-hybridized carbons (Fsp3) is 0.462. The molecule has 18 heavy (non-hydrogen) atoms. The van der Waals surface area contributed by atoms with Crippen LogP contribution in [0.4, 0.5) is 5.69 Å². The Hall–Kier alpha value is -1.26. The first-order valence-electron chi connectivity index (χ1n) is 6.16. The van der Waals surface area contributed by atoms with Gasteiger partial charge in [0.1, 0.15) is 0 Å². The van der Waals surface area contributed by atoms with Gasteiger partial charge in [-0.05, 0) is 31.5 Å². The van der Waals surface area contributed by atoms with Crippen molar-refractivity contribution in [3.05, 3.63) is 28.8 Å². The van der Waals surface area contributed by atoms with Crippen LogP contribution in [0.2, 0.25) is 5.02 Å². The summed E-state index contributed by atoms with van der Waals surface area (Å²) in [4.78, 5) is 13.5. The minimum atomic E-state index is -0.264. The number of halogens is 1. The molecule has 2 rings (SSSR count). The molecule has 1 fully saturated rings. The van der Waals surface area contributed by atoms with E-state index in [4.69, 9.17) is 23.1 Å². The number of carbonyl (C=O) groups excluding carboxylic acids is 1. The molecule has 1 aliphatic heterocycles. The molecule has 1 amide bonds. The van der Waals surface area contributed by atoms with Crippen LogP contribution in [-0.2, 0) is 11.3 Å². The second kappa shape index (κ2) is 5.59. The fourth-order valence-corrected chi connectivity index (χ4v) is 2.69. The average molecular weight is 268 g/mol. The van der Waals surface area contributed by atoms with E-state index in [0.717, 1.165) is 31.4 Å². The van der Waals surface area contributed by atoms with E-state index in [1.165, 1.54) is 0 Å². The number of nitrogen functional groups attached to an aromatic ring is 1. The van der Waals surface area contributed by atoms with Gasteiger partial charge in [0, 0.05) is 22.8 Å². The molecule has 1 aromatic carbocycles. The van der Waals surface area contributed by atoms with Crippen LogP contribution in [0, 0.1) is 0 Å². The number of benzene rings is 1. The van der Waals surface area contributed by atoms with Crippen molar-refractivity contribution < 1.29 is 4.79 Å². The summed E-state index contributed by atoms with van der Waals surface area (Å²) in [7, 11) is 0. The van der Waals surface area contributed by atoms with E-state index in [1.54, 1.807) is 0 Å². The Morgan fingerprint density at radius 3 is 2.89 bits per heavy atom. The SMILES string of the molecule is NC(=O)C1CCCCN1Cc1c(N)cccc1Cl. The second-order valence-corrected chi connectivity index (χ2v) is 5.10. The highest BCUT2D eigenvalue weighted by Gasteiger charge is 2.27. The van der Waals surface area contributed by atoms with E-state index >= 15 is 0 Å². The maximum atomic E-state index is 11.4. The second-order valence-electron chi connectivity index (χ2n) is 4.69. The normalized spacial score (nSPS) is 20.8. The lowest BCUT2D eigenvalue weighted by atomic mass is 10.0. The van der Waals surface area contributed by atoms with Crippen LogP contribution >= 0.6 is 11.6 Å². The molecule has 4 N–H and O–H groups in total. The predicted molar refractivity (Wildman–Crippen MR) is 73.1 cm³/mol. The largest absolute Gasteiger partial charge is 0.398 e. The van der Waals surface area contributed by atoms with Gasteiger partial charge in [-0.25, -0.2) is 0 Å². The summed E-state index contributed by atoms with van der Waals surface area (Å²) in [6.07, 6.45) is 2.94. The molecule has 0 aliphatic carbocycles. The van der Waals surface area contributed by atoms with Crippen molar-refractivity contribution >= 4 is 23.2 Å². The van der Waals surface area contributed by atoms with Crippen molar-refractivity contribution in [3.8, 4) is 0 Å². The van der Waals surface area contributed by atoms with E-state index < -0.39 is 0 Å². The lowest BCUT2D eigenvalue weighted by Crippen LogP contribution is -2.47. The third kappa shape index (κ3) is 2.76. The molecule has 1 heterocycles. The van der Waals surface area contributed by atoms with Crippen molar-refractivity contribution in [1.82, 2.24) is 4.90 Å². The van der Waals surface area contributed by atoms with Crippen LogP contribution < -0.4 is 11.5 Å². The van der Waals surface area contributed by atoms with Crippen LogP contribution in [0.25, 0.3) is 0 Å². The van der Waals surface area contributed by atoms with E-state index in [-0.39, 0.29) is 11.9 Å². The lowest BCUT2D eigenvalue weighted by Gasteiger charge is -2.34. The third-order valence-electron chi connectivity index (χ3n) is 3.46. The van der Waals surface area contributed by atoms with Gasteiger partial charge in [-0.15, -0.1) is 0 Å². The zero-order valence-corrected chi connectivity index (χ0v) is 11.0. The van der Waals surface area contributed by atoms with Gasteiger partial charge in [-0.1, -0.05) is 24.1 Å². The summed E-state index contributed by atoms with van der Waals surface area (Å²) >= 11 is 6.15. The summed E-state index contributed by atoms with van der Waals surface area (Å²) in [6, 6.07) is 5.26. The molecule has 0 spiro atoms. The monoisotopic (exact) mass is 267 g/mol. The van der Waals surface area contributed by atoms with Gasteiger partial charge < -0.3 is 11.5 Å². The molecule has 0 radical (unpaired) electrons. The van der Waals surface area contributed by atoms with Crippen LogP contribution in [-0.4, -0.2) is 23.4 Å². The highest BCUT2D eigenvalue weighted by Crippen LogP contribution is 2.26. The highest BCUT2D eigenvalue weighted by molar-refractivity contribution is 6.31. The number of anilines is 1. The number of carbonyl (C=O) groups is 1. The lowest BCUT2D eigenvalue weighted by molar-refractivity contribution is -0.124.